The van der Waals surface area contributed by atoms with Gasteiger partial charge in [0.2, 0.25) is 5.91 Å². The molecule has 1 amide bonds. The Balaban J connectivity index is 1.36. The average Bonchev–Trinajstić information content (AvgIpc) is 3.16. The highest BCUT2D eigenvalue weighted by Gasteiger charge is 2.23. The van der Waals surface area contributed by atoms with Crippen LogP contribution in [0.2, 0.25) is 0 Å². The van der Waals surface area contributed by atoms with E-state index in [1.807, 2.05) is 35.2 Å². The number of hydrogen-bond acceptors (Lipinski definition) is 4. The number of Topliss-reactive ketones (excluding diaryl/α,β-unsaturated/α-hetero) is 1. The lowest BCUT2D eigenvalue weighted by atomic mass is 10.1. The van der Waals surface area contributed by atoms with Crippen molar-refractivity contribution in [2.45, 2.75) is 19.3 Å². The Labute approximate surface area is 144 Å². The molecule has 0 aliphatic carbocycles. The molecule has 0 N–H and O–H groups in total. The summed E-state index contributed by atoms with van der Waals surface area (Å²) in [5.74, 6) is 0.488. The number of likely N-dealkylation sites (tertiary alicyclic amines) is 1. The van der Waals surface area contributed by atoms with Crippen LogP contribution in [0.3, 0.4) is 0 Å². The molecule has 2 aliphatic rings. The van der Waals surface area contributed by atoms with Gasteiger partial charge in [-0.3, -0.25) is 14.5 Å². The van der Waals surface area contributed by atoms with Crippen LogP contribution in [-0.4, -0.2) is 78.7 Å². The van der Waals surface area contributed by atoms with Crippen molar-refractivity contribution < 1.29 is 9.59 Å². The SMILES string of the molecule is O=C(CCN1CCN(CC(=O)N2CCCC2)CC1)c1ccccc1. The molecule has 3 rings (SSSR count). The Morgan fingerprint density at radius 1 is 0.833 bits per heavy atom. The van der Waals surface area contributed by atoms with E-state index in [1.54, 1.807) is 0 Å². The highest BCUT2D eigenvalue weighted by Crippen LogP contribution is 2.10. The highest BCUT2D eigenvalue weighted by atomic mass is 16.2. The minimum Gasteiger partial charge on any atom is -0.342 e. The van der Waals surface area contributed by atoms with Gasteiger partial charge in [-0.15, -0.1) is 0 Å². The van der Waals surface area contributed by atoms with E-state index >= 15 is 0 Å². The van der Waals surface area contributed by atoms with Gasteiger partial charge in [-0.2, -0.15) is 0 Å². The van der Waals surface area contributed by atoms with Crippen LogP contribution in [0.5, 0.6) is 0 Å². The van der Waals surface area contributed by atoms with Crippen molar-refractivity contribution in [2.75, 3.05) is 52.4 Å². The van der Waals surface area contributed by atoms with Gasteiger partial charge in [0.05, 0.1) is 6.54 Å². The quantitative estimate of drug-likeness (QED) is 0.742. The van der Waals surface area contributed by atoms with Gasteiger partial charge in [0.25, 0.3) is 0 Å². The second-order valence-corrected chi connectivity index (χ2v) is 6.74. The molecule has 2 fully saturated rings. The van der Waals surface area contributed by atoms with Gasteiger partial charge in [-0.05, 0) is 12.8 Å². The Bertz CT molecular complexity index is 547. The van der Waals surface area contributed by atoms with Gasteiger partial charge < -0.3 is 9.80 Å². The van der Waals surface area contributed by atoms with E-state index in [-0.39, 0.29) is 11.7 Å². The second-order valence-electron chi connectivity index (χ2n) is 6.74. The molecule has 5 nitrogen and oxygen atoms in total. The van der Waals surface area contributed by atoms with Gasteiger partial charge in [0, 0.05) is 57.8 Å². The summed E-state index contributed by atoms with van der Waals surface area (Å²) in [7, 11) is 0. The molecule has 130 valence electrons. The third kappa shape index (κ3) is 4.65. The van der Waals surface area contributed by atoms with E-state index < -0.39 is 0 Å². The zero-order valence-electron chi connectivity index (χ0n) is 14.3. The first-order valence-electron chi connectivity index (χ1n) is 9.03. The molecular weight excluding hydrogens is 302 g/mol. The molecule has 0 atom stereocenters. The number of benzene rings is 1. The topological polar surface area (TPSA) is 43.9 Å². The Hall–Kier alpha value is -1.72. The molecule has 0 unspecified atom stereocenters. The fourth-order valence-corrected chi connectivity index (χ4v) is 3.46. The maximum Gasteiger partial charge on any atom is 0.236 e. The monoisotopic (exact) mass is 329 g/mol. The lowest BCUT2D eigenvalue weighted by Crippen LogP contribution is -2.50. The van der Waals surface area contributed by atoms with Gasteiger partial charge in [0.1, 0.15) is 0 Å². The normalized spacial score (nSPS) is 19.6. The molecule has 0 radical (unpaired) electrons. The third-order valence-corrected chi connectivity index (χ3v) is 5.03. The summed E-state index contributed by atoms with van der Waals surface area (Å²) in [6, 6.07) is 9.50. The summed E-state index contributed by atoms with van der Waals surface area (Å²) in [4.78, 5) is 30.9. The fraction of sp³-hybridized carbons (Fsp3) is 0.579. The summed E-state index contributed by atoms with van der Waals surface area (Å²) in [5, 5.41) is 0. The summed E-state index contributed by atoms with van der Waals surface area (Å²) < 4.78 is 0. The standard InChI is InChI=1S/C19H27N3O2/c23-18(17-6-2-1-3-7-17)8-11-20-12-14-21(15-13-20)16-19(24)22-9-4-5-10-22/h1-3,6-7H,4-5,8-16H2. The van der Waals surface area contributed by atoms with Crippen molar-refractivity contribution in [2.24, 2.45) is 0 Å². The second kappa shape index (κ2) is 8.40. The summed E-state index contributed by atoms with van der Waals surface area (Å²) in [5.41, 5.74) is 0.798. The van der Waals surface area contributed by atoms with Gasteiger partial charge in [-0.1, -0.05) is 30.3 Å². The molecule has 0 spiro atoms. The number of piperazine rings is 1. The zero-order valence-corrected chi connectivity index (χ0v) is 14.3. The van der Waals surface area contributed by atoms with Crippen LogP contribution >= 0.6 is 0 Å². The molecule has 0 bridgehead atoms. The Kier molecular flexibility index (Phi) is 5.99. The zero-order chi connectivity index (χ0) is 16.8. The maximum atomic E-state index is 12.2. The molecule has 2 saturated heterocycles. The van der Waals surface area contributed by atoms with Crippen LogP contribution in [0.1, 0.15) is 29.6 Å². The van der Waals surface area contributed by atoms with Crippen molar-refractivity contribution in [3.63, 3.8) is 0 Å². The Morgan fingerprint density at radius 3 is 2.12 bits per heavy atom. The number of ketones is 1. The van der Waals surface area contributed by atoms with Crippen molar-refractivity contribution in [3.05, 3.63) is 35.9 Å². The molecule has 2 heterocycles. The van der Waals surface area contributed by atoms with E-state index in [0.29, 0.717) is 13.0 Å². The summed E-state index contributed by atoms with van der Waals surface area (Å²) in [6.07, 6.45) is 2.86. The van der Waals surface area contributed by atoms with Crippen LogP contribution in [0.25, 0.3) is 0 Å². The minimum absolute atomic E-state index is 0.210. The van der Waals surface area contributed by atoms with Crippen LogP contribution < -0.4 is 0 Å². The number of carbonyl (C=O) groups is 2. The van der Waals surface area contributed by atoms with Gasteiger partial charge >= 0.3 is 0 Å². The molecule has 0 saturated carbocycles. The van der Waals surface area contributed by atoms with E-state index in [4.69, 9.17) is 0 Å². The van der Waals surface area contributed by atoms with Gasteiger partial charge in [0.15, 0.2) is 5.78 Å². The first kappa shape index (κ1) is 17.1. The van der Waals surface area contributed by atoms with Crippen LogP contribution in [0, 0.1) is 0 Å². The van der Waals surface area contributed by atoms with Crippen molar-refractivity contribution in [1.29, 1.82) is 0 Å². The van der Waals surface area contributed by atoms with Gasteiger partial charge in [-0.25, -0.2) is 0 Å². The summed E-state index contributed by atoms with van der Waals surface area (Å²) >= 11 is 0. The largest absolute Gasteiger partial charge is 0.342 e. The predicted octanol–water partition coefficient (Wildman–Crippen LogP) is 1.50. The molecule has 1 aromatic rings. The maximum absolute atomic E-state index is 12.2. The van der Waals surface area contributed by atoms with Crippen LogP contribution in [-0.2, 0) is 4.79 Å². The third-order valence-electron chi connectivity index (χ3n) is 5.03. The van der Waals surface area contributed by atoms with Crippen LogP contribution in [0.15, 0.2) is 30.3 Å². The van der Waals surface area contributed by atoms with Crippen molar-refractivity contribution >= 4 is 11.7 Å². The molecule has 1 aromatic carbocycles. The fourth-order valence-electron chi connectivity index (χ4n) is 3.46. The number of carbonyl (C=O) groups excluding carboxylic acids is 2. The molecule has 0 aromatic heterocycles. The van der Waals surface area contributed by atoms with Crippen molar-refractivity contribution in [1.82, 2.24) is 14.7 Å². The smallest absolute Gasteiger partial charge is 0.236 e. The lowest BCUT2D eigenvalue weighted by molar-refractivity contribution is -0.131. The van der Waals surface area contributed by atoms with E-state index in [2.05, 4.69) is 9.80 Å². The number of amides is 1. The van der Waals surface area contributed by atoms with E-state index in [9.17, 15) is 9.59 Å². The number of hydrogen-bond donors (Lipinski definition) is 0. The van der Waals surface area contributed by atoms with Crippen molar-refractivity contribution in [3.8, 4) is 0 Å². The highest BCUT2D eigenvalue weighted by molar-refractivity contribution is 5.96. The minimum atomic E-state index is 0.210. The molecule has 5 heteroatoms. The predicted molar refractivity (Wildman–Crippen MR) is 94.1 cm³/mol. The lowest BCUT2D eigenvalue weighted by Gasteiger charge is -2.34. The van der Waals surface area contributed by atoms with E-state index in [1.165, 1.54) is 0 Å². The number of nitrogens with zero attached hydrogens (tertiary/aromatic N) is 3. The average molecular weight is 329 g/mol. The molecule has 2 aliphatic heterocycles. The molecular formula is C19H27N3O2. The number of rotatable bonds is 6. The summed E-state index contributed by atoms with van der Waals surface area (Å²) in [6.45, 7) is 6.93. The first-order chi connectivity index (χ1) is 11.7. The Morgan fingerprint density at radius 2 is 1.46 bits per heavy atom. The van der Waals surface area contributed by atoms with Crippen LogP contribution in [0.4, 0.5) is 0 Å². The molecule has 24 heavy (non-hydrogen) atoms. The van der Waals surface area contributed by atoms with E-state index in [0.717, 1.165) is 64.2 Å². The first-order valence-corrected chi connectivity index (χ1v) is 9.03.